The van der Waals surface area contributed by atoms with Crippen molar-refractivity contribution in [3.05, 3.63) is 51.9 Å². The molecule has 3 nitrogen and oxygen atoms in total. The van der Waals surface area contributed by atoms with Gasteiger partial charge in [-0.05, 0) is 31.0 Å². The molecule has 0 spiro atoms. The number of rotatable bonds is 1. The third-order valence-corrected chi connectivity index (χ3v) is 2.45. The molecule has 0 unspecified atom stereocenters. The number of benzene rings is 1. The van der Waals surface area contributed by atoms with Gasteiger partial charge in [0.1, 0.15) is 5.82 Å². The molecule has 3 heteroatoms. The molecule has 0 saturated carbocycles. The van der Waals surface area contributed by atoms with E-state index in [2.05, 4.69) is 16.9 Å². The number of aryl methyl sites for hydroxylation is 2. The first-order chi connectivity index (χ1) is 7.16. The van der Waals surface area contributed by atoms with Crippen molar-refractivity contribution >= 4 is 0 Å². The van der Waals surface area contributed by atoms with Crippen molar-refractivity contribution in [1.82, 2.24) is 9.97 Å². The summed E-state index contributed by atoms with van der Waals surface area (Å²) in [6.07, 6.45) is 1.52. The minimum absolute atomic E-state index is 0.127. The largest absolute Gasteiger partial charge is 0.307 e. The van der Waals surface area contributed by atoms with Crippen LogP contribution in [-0.2, 0) is 0 Å². The van der Waals surface area contributed by atoms with Crippen molar-refractivity contribution in [1.29, 1.82) is 0 Å². The maximum atomic E-state index is 11.1. The van der Waals surface area contributed by atoms with E-state index >= 15 is 0 Å². The third kappa shape index (κ3) is 1.96. The molecule has 0 saturated heterocycles. The lowest BCUT2D eigenvalue weighted by atomic mass is 10.1. The molecule has 2 rings (SSSR count). The van der Waals surface area contributed by atoms with Gasteiger partial charge >= 0.3 is 0 Å². The van der Waals surface area contributed by atoms with Gasteiger partial charge in [-0.1, -0.05) is 12.1 Å². The van der Waals surface area contributed by atoms with E-state index in [1.807, 2.05) is 25.1 Å². The lowest BCUT2D eigenvalue weighted by Crippen LogP contribution is -2.05. The average Bonchev–Trinajstić information content (AvgIpc) is 2.22. The highest BCUT2D eigenvalue weighted by molar-refractivity contribution is 5.56. The summed E-state index contributed by atoms with van der Waals surface area (Å²) >= 11 is 0. The molecule has 1 N–H and O–H groups in total. The number of aromatic amines is 1. The Bertz CT molecular complexity index is 543. The lowest BCUT2D eigenvalue weighted by molar-refractivity contribution is 1.12. The van der Waals surface area contributed by atoms with Gasteiger partial charge in [0.25, 0.3) is 5.56 Å². The number of nitrogens with one attached hydrogen (secondary N) is 1. The fraction of sp³-hybridized carbons (Fsp3) is 0.167. The Kier molecular flexibility index (Phi) is 2.37. The van der Waals surface area contributed by atoms with Gasteiger partial charge in [0.05, 0.1) is 0 Å². The van der Waals surface area contributed by atoms with Crippen LogP contribution in [-0.4, -0.2) is 9.97 Å². The molecule has 1 aromatic carbocycles. The molecule has 0 bridgehead atoms. The van der Waals surface area contributed by atoms with Crippen LogP contribution in [0, 0.1) is 13.8 Å². The Morgan fingerprint density at radius 2 is 1.93 bits per heavy atom. The molecule has 1 aromatic heterocycles. The third-order valence-electron chi connectivity index (χ3n) is 2.45. The molecule has 2 aromatic rings. The highest BCUT2D eigenvalue weighted by Gasteiger charge is 2.01. The fourth-order valence-corrected chi connectivity index (χ4v) is 1.41. The monoisotopic (exact) mass is 200 g/mol. The molecule has 0 amide bonds. The van der Waals surface area contributed by atoms with Crippen LogP contribution in [0.3, 0.4) is 0 Å². The number of hydrogen-bond donors (Lipinski definition) is 1. The van der Waals surface area contributed by atoms with Gasteiger partial charge in [-0.2, -0.15) is 0 Å². The number of aromatic nitrogens is 2. The highest BCUT2D eigenvalue weighted by Crippen LogP contribution is 2.17. The van der Waals surface area contributed by atoms with E-state index in [0.717, 1.165) is 5.56 Å². The van der Waals surface area contributed by atoms with Crippen molar-refractivity contribution in [2.24, 2.45) is 0 Å². The molecular weight excluding hydrogens is 188 g/mol. The van der Waals surface area contributed by atoms with Crippen molar-refractivity contribution in [3.63, 3.8) is 0 Å². The quantitative estimate of drug-likeness (QED) is 0.765. The van der Waals surface area contributed by atoms with Crippen LogP contribution < -0.4 is 5.56 Å². The Morgan fingerprint density at radius 3 is 2.60 bits per heavy atom. The molecular formula is C12H12N2O. The van der Waals surface area contributed by atoms with Crippen LogP contribution >= 0.6 is 0 Å². The Balaban J connectivity index is 2.55. The van der Waals surface area contributed by atoms with E-state index in [4.69, 9.17) is 0 Å². The minimum atomic E-state index is -0.127. The van der Waals surface area contributed by atoms with Gasteiger partial charge in [0.15, 0.2) is 0 Å². The van der Waals surface area contributed by atoms with Gasteiger partial charge in [-0.25, -0.2) is 4.98 Å². The van der Waals surface area contributed by atoms with Crippen LogP contribution in [0.2, 0.25) is 0 Å². The molecule has 0 aliphatic rings. The summed E-state index contributed by atoms with van der Waals surface area (Å²) < 4.78 is 0. The summed E-state index contributed by atoms with van der Waals surface area (Å²) in [6.45, 7) is 4.10. The Labute approximate surface area is 87.8 Å². The van der Waals surface area contributed by atoms with Crippen molar-refractivity contribution in [2.45, 2.75) is 13.8 Å². The zero-order chi connectivity index (χ0) is 10.8. The van der Waals surface area contributed by atoms with E-state index in [9.17, 15) is 4.79 Å². The van der Waals surface area contributed by atoms with Crippen molar-refractivity contribution in [3.8, 4) is 11.4 Å². The first-order valence-electron chi connectivity index (χ1n) is 4.80. The summed E-state index contributed by atoms with van der Waals surface area (Å²) in [4.78, 5) is 17.9. The van der Waals surface area contributed by atoms with E-state index in [-0.39, 0.29) is 5.56 Å². The first kappa shape index (κ1) is 9.65. The predicted octanol–water partition coefficient (Wildman–Crippen LogP) is 2.05. The van der Waals surface area contributed by atoms with Crippen molar-refractivity contribution in [2.75, 3.05) is 0 Å². The standard InChI is InChI=1S/C12H12N2O/c1-8-3-4-10(7-9(8)2)12-13-6-5-11(15)14-12/h3-7H,1-2H3,(H,13,14,15). The molecule has 0 aliphatic carbocycles. The SMILES string of the molecule is Cc1ccc(-c2nccc(=O)[nH]2)cc1C. The predicted molar refractivity (Wildman–Crippen MR) is 59.8 cm³/mol. The van der Waals surface area contributed by atoms with Gasteiger partial charge < -0.3 is 4.98 Å². The number of nitrogens with zero attached hydrogens (tertiary/aromatic N) is 1. The van der Waals surface area contributed by atoms with E-state index < -0.39 is 0 Å². The summed E-state index contributed by atoms with van der Waals surface area (Å²) in [5.41, 5.74) is 3.24. The minimum Gasteiger partial charge on any atom is -0.307 e. The second-order valence-electron chi connectivity index (χ2n) is 3.58. The van der Waals surface area contributed by atoms with E-state index in [0.29, 0.717) is 5.82 Å². The molecule has 15 heavy (non-hydrogen) atoms. The highest BCUT2D eigenvalue weighted by atomic mass is 16.1. The van der Waals surface area contributed by atoms with Gasteiger partial charge in [-0.15, -0.1) is 0 Å². The summed E-state index contributed by atoms with van der Waals surface area (Å²) in [5.74, 6) is 0.616. The van der Waals surface area contributed by atoms with Crippen LogP contribution in [0.1, 0.15) is 11.1 Å². The fourth-order valence-electron chi connectivity index (χ4n) is 1.41. The van der Waals surface area contributed by atoms with Crippen LogP contribution in [0.15, 0.2) is 35.3 Å². The van der Waals surface area contributed by atoms with Crippen LogP contribution in [0.5, 0.6) is 0 Å². The zero-order valence-electron chi connectivity index (χ0n) is 8.74. The summed E-state index contributed by atoms with van der Waals surface area (Å²) in [7, 11) is 0. The maximum Gasteiger partial charge on any atom is 0.251 e. The first-order valence-corrected chi connectivity index (χ1v) is 4.80. The van der Waals surface area contributed by atoms with Crippen LogP contribution in [0.4, 0.5) is 0 Å². The summed E-state index contributed by atoms with van der Waals surface area (Å²) in [6, 6.07) is 7.41. The van der Waals surface area contributed by atoms with E-state index in [1.165, 1.54) is 23.4 Å². The molecule has 0 radical (unpaired) electrons. The van der Waals surface area contributed by atoms with Crippen LogP contribution in [0.25, 0.3) is 11.4 Å². The lowest BCUT2D eigenvalue weighted by Gasteiger charge is -2.03. The molecule has 1 heterocycles. The Hall–Kier alpha value is -1.90. The van der Waals surface area contributed by atoms with Gasteiger partial charge in [-0.3, -0.25) is 4.79 Å². The van der Waals surface area contributed by atoms with Gasteiger partial charge in [0.2, 0.25) is 0 Å². The Morgan fingerprint density at radius 1 is 1.13 bits per heavy atom. The average molecular weight is 200 g/mol. The normalized spacial score (nSPS) is 10.3. The van der Waals surface area contributed by atoms with Crippen molar-refractivity contribution < 1.29 is 0 Å². The second-order valence-corrected chi connectivity index (χ2v) is 3.58. The molecule has 0 aliphatic heterocycles. The molecule has 76 valence electrons. The topological polar surface area (TPSA) is 45.8 Å². The smallest absolute Gasteiger partial charge is 0.251 e. The van der Waals surface area contributed by atoms with E-state index in [1.54, 1.807) is 0 Å². The maximum absolute atomic E-state index is 11.1. The molecule has 0 atom stereocenters. The number of hydrogen-bond acceptors (Lipinski definition) is 2. The molecule has 0 fully saturated rings. The zero-order valence-corrected chi connectivity index (χ0v) is 8.74. The second kappa shape index (κ2) is 3.69. The summed E-state index contributed by atoms with van der Waals surface area (Å²) in [5, 5.41) is 0. The van der Waals surface area contributed by atoms with Gasteiger partial charge in [0, 0.05) is 17.8 Å². The number of H-pyrrole nitrogens is 1.